The Morgan fingerprint density at radius 2 is 1.79 bits per heavy atom. The van der Waals surface area contributed by atoms with Crippen LogP contribution in [0.3, 0.4) is 0 Å². The van der Waals surface area contributed by atoms with E-state index in [1.807, 2.05) is 13.8 Å². The second-order valence-corrected chi connectivity index (χ2v) is 6.34. The maximum atomic E-state index is 12.0. The smallest absolute Gasteiger partial charge is 0.325 e. The van der Waals surface area contributed by atoms with Crippen LogP contribution in [0.15, 0.2) is 35.7 Å². The summed E-state index contributed by atoms with van der Waals surface area (Å²) in [6, 6.07) is 8.37. The van der Waals surface area contributed by atoms with Crippen LogP contribution in [0.1, 0.15) is 23.5 Å². The molecule has 0 spiro atoms. The summed E-state index contributed by atoms with van der Waals surface area (Å²) in [6.07, 6.45) is 0. The van der Waals surface area contributed by atoms with Gasteiger partial charge in [-0.2, -0.15) is 0 Å². The molecule has 2 aromatic rings. The van der Waals surface area contributed by atoms with Crippen molar-refractivity contribution in [2.24, 2.45) is 0 Å². The van der Waals surface area contributed by atoms with E-state index in [-0.39, 0.29) is 12.5 Å². The van der Waals surface area contributed by atoms with Gasteiger partial charge in [0.25, 0.3) is 11.8 Å². The summed E-state index contributed by atoms with van der Waals surface area (Å²) < 4.78 is 15.8. The number of rotatable bonds is 10. The van der Waals surface area contributed by atoms with Crippen LogP contribution in [0.5, 0.6) is 11.5 Å². The van der Waals surface area contributed by atoms with Crippen molar-refractivity contribution >= 4 is 34.8 Å². The van der Waals surface area contributed by atoms with Gasteiger partial charge in [0.15, 0.2) is 18.1 Å². The molecule has 0 radical (unpaired) electrons. The van der Waals surface area contributed by atoms with Crippen LogP contribution >= 0.6 is 11.3 Å². The van der Waals surface area contributed by atoms with Gasteiger partial charge in [0, 0.05) is 11.8 Å². The lowest BCUT2D eigenvalue weighted by molar-refractivity contribution is -0.146. The van der Waals surface area contributed by atoms with Crippen molar-refractivity contribution in [2.45, 2.75) is 13.8 Å². The third-order valence-electron chi connectivity index (χ3n) is 3.33. The molecule has 8 nitrogen and oxygen atoms in total. The molecule has 0 saturated heterocycles. The number of carbonyl (C=O) groups excluding carboxylic acids is 3. The highest BCUT2D eigenvalue weighted by Gasteiger charge is 2.12. The molecule has 0 saturated carbocycles. The summed E-state index contributed by atoms with van der Waals surface area (Å²) in [5.74, 6) is -0.494. The van der Waals surface area contributed by atoms with Crippen LogP contribution in [-0.2, 0) is 14.3 Å². The molecule has 2 rings (SSSR count). The SMILES string of the molecule is CCOc1ccc(NC(=O)COC(=O)CNC(=O)c2cccs2)cc1OCC. The number of nitrogens with one attached hydrogen (secondary N) is 2. The number of carbonyl (C=O) groups is 3. The number of esters is 1. The average Bonchev–Trinajstić information content (AvgIpc) is 3.22. The third kappa shape index (κ3) is 6.58. The van der Waals surface area contributed by atoms with E-state index in [2.05, 4.69) is 10.6 Å². The summed E-state index contributed by atoms with van der Waals surface area (Å²) in [5.41, 5.74) is 0.485. The Morgan fingerprint density at radius 1 is 1.04 bits per heavy atom. The first-order valence-electron chi connectivity index (χ1n) is 8.70. The van der Waals surface area contributed by atoms with Gasteiger partial charge in [0.05, 0.1) is 18.1 Å². The van der Waals surface area contributed by atoms with Gasteiger partial charge in [-0.05, 0) is 37.4 Å². The first-order chi connectivity index (χ1) is 13.5. The van der Waals surface area contributed by atoms with Crippen LogP contribution in [0.2, 0.25) is 0 Å². The van der Waals surface area contributed by atoms with Crippen molar-refractivity contribution < 1.29 is 28.6 Å². The van der Waals surface area contributed by atoms with E-state index in [4.69, 9.17) is 14.2 Å². The van der Waals surface area contributed by atoms with Crippen molar-refractivity contribution in [1.29, 1.82) is 0 Å². The molecule has 0 bridgehead atoms. The lowest BCUT2D eigenvalue weighted by Gasteiger charge is -2.13. The third-order valence-corrected chi connectivity index (χ3v) is 4.20. The first-order valence-corrected chi connectivity index (χ1v) is 9.58. The molecule has 28 heavy (non-hydrogen) atoms. The zero-order valence-electron chi connectivity index (χ0n) is 15.7. The number of thiophene rings is 1. The largest absolute Gasteiger partial charge is 0.490 e. The van der Waals surface area contributed by atoms with Crippen molar-refractivity contribution in [3.8, 4) is 11.5 Å². The van der Waals surface area contributed by atoms with E-state index in [1.54, 1.807) is 35.7 Å². The highest BCUT2D eigenvalue weighted by Crippen LogP contribution is 2.30. The molecule has 0 unspecified atom stereocenters. The zero-order chi connectivity index (χ0) is 20.4. The van der Waals surface area contributed by atoms with E-state index < -0.39 is 18.5 Å². The highest BCUT2D eigenvalue weighted by atomic mass is 32.1. The minimum atomic E-state index is -0.707. The molecule has 0 atom stereocenters. The van der Waals surface area contributed by atoms with Crippen LogP contribution in [0, 0.1) is 0 Å². The molecule has 0 aliphatic rings. The lowest BCUT2D eigenvalue weighted by atomic mass is 10.2. The number of ether oxygens (including phenoxy) is 3. The molecular formula is C19H22N2O6S. The lowest BCUT2D eigenvalue weighted by Crippen LogP contribution is -2.31. The summed E-state index contributed by atoms with van der Waals surface area (Å²) in [5, 5.41) is 6.81. The molecular weight excluding hydrogens is 384 g/mol. The molecule has 150 valence electrons. The molecule has 9 heteroatoms. The molecule has 0 aliphatic heterocycles. The molecule has 1 aromatic heterocycles. The topological polar surface area (TPSA) is 103 Å². The van der Waals surface area contributed by atoms with Gasteiger partial charge in [-0.1, -0.05) is 6.07 Å². The Bertz CT molecular complexity index is 807. The molecule has 0 aliphatic carbocycles. The van der Waals surface area contributed by atoms with Gasteiger partial charge in [0.2, 0.25) is 0 Å². The van der Waals surface area contributed by atoms with Crippen LogP contribution in [0.25, 0.3) is 0 Å². The number of benzene rings is 1. The van der Waals surface area contributed by atoms with Crippen molar-refractivity contribution in [2.75, 3.05) is 31.7 Å². The van der Waals surface area contributed by atoms with E-state index >= 15 is 0 Å². The zero-order valence-corrected chi connectivity index (χ0v) is 16.5. The second-order valence-electron chi connectivity index (χ2n) is 5.40. The second kappa shape index (κ2) is 10.9. The van der Waals surface area contributed by atoms with Crippen LogP contribution < -0.4 is 20.1 Å². The number of amides is 2. The molecule has 1 heterocycles. The van der Waals surface area contributed by atoms with Gasteiger partial charge in [0.1, 0.15) is 6.54 Å². The summed E-state index contributed by atoms with van der Waals surface area (Å²) in [7, 11) is 0. The number of hydrogen-bond donors (Lipinski definition) is 2. The van der Waals surface area contributed by atoms with E-state index in [1.165, 1.54) is 11.3 Å². The van der Waals surface area contributed by atoms with E-state index in [0.717, 1.165) is 0 Å². The quantitative estimate of drug-likeness (QED) is 0.588. The fourth-order valence-electron chi connectivity index (χ4n) is 2.17. The van der Waals surface area contributed by atoms with Gasteiger partial charge < -0.3 is 24.8 Å². The summed E-state index contributed by atoms with van der Waals surface area (Å²) >= 11 is 1.26. The van der Waals surface area contributed by atoms with E-state index in [9.17, 15) is 14.4 Å². The Morgan fingerprint density at radius 3 is 2.46 bits per heavy atom. The van der Waals surface area contributed by atoms with Gasteiger partial charge in [-0.15, -0.1) is 11.3 Å². The molecule has 2 N–H and O–H groups in total. The highest BCUT2D eigenvalue weighted by molar-refractivity contribution is 7.12. The van der Waals surface area contributed by atoms with Crippen molar-refractivity contribution in [3.63, 3.8) is 0 Å². The Hall–Kier alpha value is -3.07. The normalized spacial score (nSPS) is 10.1. The molecule has 0 fully saturated rings. The number of hydrogen-bond acceptors (Lipinski definition) is 7. The van der Waals surface area contributed by atoms with Gasteiger partial charge >= 0.3 is 5.97 Å². The average molecular weight is 406 g/mol. The molecule has 1 aromatic carbocycles. The Kier molecular flexibility index (Phi) is 8.29. The van der Waals surface area contributed by atoms with Crippen LogP contribution in [-0.4, -0.2) is 44.1 Å². The number of anilines is 1. The fraction of sp³-hybridized carbons (Fsp3) is 0.316. The first kappa shape index (κ1) is 21.2. The van der Waals surface area contributed by atoms with Crippen molar-refractivity contribution in [1.82, 2.24) is 5.32 Å². The predicted molar refractivity (Wildman–Crippen MR) is 105 cm³/mol. The Labute approximate surface area is 166 Å². The minimum absolute atomic E-state index is 0.318. The minimum Gasteiger partial charge on any atom is -0.490 e. The maximum Gasteiger partial charge on any atom is 0.325 e. The van der Waals surface area contributed by atoms with Gasteiger partial charge in [-0.3, -0.25) is 14.4 Å². The van der Waals surface area contributed by atoms with Crippen LogP contribution in [0.4, 0.5) is 5.69 Å². The summed E-state index contributed by atoms with van der Waals surface area (Å²) in [6.45, 7) is 3.86. The van der Waals surface area contributed by atoms with Crippen molar-refractivity contribution in [3.05, 3.63) is 40.6 Å². The maximum absolute atomic E-state index is 12.0. The fourth-order valence-corrected chi connectivity index (χ4v) is 2.81. The monoisotopic (exact) mass is 406 g/mol. The Balaban J connectivity index is 1.79. The van der Waals surface area contributed by atoms with Gasteiger partial charge in [-0.25, -0.2) is 0 Å². The summed E-state index contributed by atoms with van der Waals surface area (Å²) in [4.78, 5) is 35.9. The predicted octanol–water partition coefficient (Wildman–Crippen LogP) is 2.46. The standard InChI is InChI=1S/C19H22N2O6S/c1-3-25-14-8-7-13(10-15(14)26-4-2)21-17(22)12-27-18(23)11-20-19(24)16-6-5-9-28-16/h5-10H,3-4,11-12H2,1-2H3,(H,20,24)(H,21,22). The molecule has 2 amide bonds. The van der Waals surface area contributed by atoms with E-state index in [0.29, 0.717) is 35.3 Å².